The molecular formula is C24H26N2O6. The van der Waals surface area contributed by atoms with Crippen LogP contribution in [-0.2, 0) is 10.3 Å². The molecule has 2 fully saturated rings. The first-order chi connectivity index (χ1) is 15.3. The molecule has 8 nitrogen and oxygen atoms in total. The summed E-state index contributed by atoms with van der Waals surface area (Å²) in [4.78, 5) is 13.6. The lowest BCUT2D eigenvalue weighted by molar-refractivity contribution is -0.385. The summed E-state index contributed by atoms with van der Waals surface area (Å²) in [5.41, 5.74) is 0.660. The highest BCUT2D eigenvalue weighted by Crippen LogP contribution is 2.69. The lowest BCUT2D eigenvalue weighted by atomic mass is 9.50. The highest BCUT2D eigenvalue weighted by Gasteiger charge is 2.71. The maximum atomic E-state index is 11.7. The van der Waals surface area contributed by atoms with Crippen LogP contribution in [0.1, 0.15) is 18.4 Å². The van der Waals surface area contributed by atoms with Gasteiger partial charge in [0.1, 0.15) is 17.5 Å². The van der Waals surface area contributed by atoms with Crippen molar-refractivity contribution in [2.24, 2.45) is 11.3 Å². The molecule has 2 aliphatic heterocycles. The van der Waals surface area contributed by atoms with E-state index in [1.165, 1.54) is 19.2 Å². The number of hydrogen-bond donors (Lipinski definition) is 2. The van der Waals surface area contributed by atoms with Crippen LogP contribution in [0.25, 0.3) is 0 Å². The fourth-order valence-corrected chi connectivity index (χ4v) is 7.06. The number of piperidine rings is 1. The van der Waals surface area contributed by atoms with Crippen LogP contribution < -0.4 is 4.74 Å². The summed E-state index contributed by atoms with van der Waals surface area (Å²) in [6.45, 7) is 0.854. The Morgan fingerprint density at radius 2 is 2.06 bits per heavy atom. The first-order valence-electron chi connectivity index (χ1n) is 11.0. The number of non-ortho nitro benzene ring substituents is 1. The highest BCUT2D eigenvalue weighted by molar-refractivity contribution is 5.59. The fraction of sp³-hybridized carbons (Fsp3) is 0.500. The van der Waals surface area contributed by atoms with Crippen molar-refractivity contribution in [1.29, 1.82) is 0 Å². The number of benzene rings is 1. The Morgan fingerprint density at radius 3 is 2.81 bits per heavy atom. The third kappa shape index (κ3) is 2.25. The molecule has 0 aromatic heterocycles. The Hall–Kier alpha value is -2.52. The Balaban J connectivity index is 1.65. The monoisotopic (exact) mass is 438 g/mol. The van der Waals surface area contributed by atoms with Gasteiger partial charge in [-0.05, 0) is 43.6 Å². The van der Waals surface area contributed by atoms with Crippen molar-refractivity contribution in [2.75, 3.05) is 20.7 Å². The molecular weight excluding hydrogens is 412 g/mol. The van der Waals surface area contributed by atoms with E-state index >= 15 is 0 Å². The van der Waals surface area contributed by atoms with E-state index in [4.69, 9.17) is 9.47 Å². The molecule has 0 saturated carbocycles. The molecule has 7 atom stereocenters. The Bertz CT molecular complexity index is 1110. The smallest absolute Gasteiger partial charge is 0.273 e. The van der Waals surface area contributed by atoms with Crippen molar-refractivity contribution in [3.8, 4) is 5.75 Å². The van der Waals surface area contributed by atoms with Gasteiger partial charge in [0.2, 0.25) is 0 Å². The van der Waals surface area contributed by atoms with Gasteiger partial charge in [-0.25, -0.2) is 0 Å². The third-order valence-corrected chi connectivity index (χ3v) is 8.35. The number of nitrogens with zero attached hydrogens (tertiary/aromatic N) is 2. The van der Waals surface area contributed by atoms with E-state index in [0.717, 1.165) is 30.5 Å². The summed E-state index contributed by atoms with van der Waals surface area (Å²) in [7, 11) is 3.59. The zero-order valence-corrected chi connectivity index (χ0v) is 18.0. The molecule has 2 unspecified atom stereocenters. The summed E-state index contributed by atoms with van der Waals surface area (Å²) in [5.74, 6) is 0.463. The van der Waals surface area contributed by atoms with Crippen molar-refractivity contribution in [3.05, 3.63) is 69.3 Å². The standard InChI is InChI=1S/C24H26N2O6/c1-25-8-7-23-17-4-5-19(27)22(23)32-24(14-10-15(26(29)30)12-16(11-14)31-2)20(28)6-3-13(21(23)24)9-18(17)25/h3-6,10-12,17-20,22,27-28H,7-9H2,1-2H3/t17-,18+,19-,20?,22-,23-,24?/m0/s1. The molecule has 6 rings (SSSR count). The molecule has 1 spiro atoms. The van der Waals surface area contributed by atoms with Crippen LogP contribution in [0.15, 0.2) is 53.6 Å². The predicted octanol–water partition coefficient (Wildman–Crippen LogP) is 2.07. The number of rotatable bonds is 3. The number of nitro groups is 1. The second-order valence-electron chi connectivity index (χ2n) is 9.60. The largest absolute Gasteiger partial charge is 0.496 e. The number of aliphatic hydroxyl groups is 2. The highest BCUT2D eigenvalue weighted by atomic mass is 16.6. The molecule has 1 aromatic rings. The van der Waals surface area contributed by atoms with E-state index in [2.05, 4.69) is 18.0 Å². The van der Waals surface area contributed by atoms with Gasteiger partial charge >= 0.3 is 0 Å². The average molecular weight is 438 g/mol. The van der Waals surface area contributed by atoms with Gasteiger partial charge in [-0.15, -0.1) is 0 Å². The van der Waals surface area contributed by atoms with Crippen LogP contribution in [0.2, 0.25) is 0 Å². The van der Waals surface area contributed by atoms with E-state index in [1.807, 2.05) is 12.2 Å². The van der Waals surface area contributed by atoms with Crippen molar-refractivity contribution >= 4 is 5.69 Å². The van der Waals surface area contributed by atoms with Crippen LogP contribution >= 0.6 is 0 Å². The zero-order chi connectivity index (χ0) is 22.4. The molecule has 0 amide bonds. The average Bonchev–Trinajstić information content (AvgIpc) is 3.11. The van der Waals surface area contributed by atoms with E-state index in [-0.39, 0.29) is 17.6 Å². The van der Waals surface area contributed by atoms with Gasteiger partial charge < -0.3 is 24.6 Å². The molecule has 2 bridgehead atoms. The Labute approximate surface area is 185 Å². The zero-order valence-electron chi connectivity index (χ0n) is 18.0. The van der Waals surface area contributed by atoms with Gasteiger partial charge in [0.15, 0.2) is 0 Å². The Morgan fingerprint density at radius 1 is 1.25 bits per heavy atom. The molecule has 168 valence electrons. The van der Waals surface area contributed by atoms with E-state index in [0.29, 0.717) is 11.3 Å². The number of ether oxygens (including phenoxy) is 2. The topological polar surface area (TPSA) is 105 Å². The van der Waals surface area contributed by atoms with E-state index in [9.17, 15) is 20.3 Å². The summed E-state index contributed by atoms with van der Waals surface area (Å²) < 4.78 is 12.1. The van der Waals surface area contributed by atoms with Gasteiger partial charge in [-0.1, -0.05) is 24.3 Å². The molecule has 8 heteroatoms. The summed E-state index contributed by atoms with van der Waals surface area (Å²) in [5, 5.41) is 34.1. The number of aliphatic hydroxyl groups excluding tert-OH is 2. The lowest BCUT2D eigenvalue weighted by Gasteiger charge is -2.58. The van der Waals surface area contributed by atoms with E-state index < -0.39 is 34.3 Å². The lowest BCUT2D eigenvalue weighted by Crippen LogP contribution is -2.62. The molecule has 32 heavy (non-hydrogen) atoms. The second-order valence-corrected chi connectivity index (χ2v) is 9.60. The molecule has 3 aliphatic carbocycles. The van der Waals surface area contributed by atoms with Gasteiger partial charge in [0.05, 0.1) is 30.3 Å². The number of likely N-dealkylation sites (tertiary alicyclic amines) is 1. The van der Waals surface area contributed by atoms with Crippen LogP contribution in [0, 0.1) is 21.4 Å². The molecule has 2 heterocycles. The fourth-order valence-electron chi connectivity index (χ4n) is 7.06. The van der Waals surface area contributed by atoms with Gasteiger partial charge in [0.25, 0.3) is 5.69 Å². The molecule has 2 saturated heterocycles. The minimum atomic E-state index is -1.31. The van der Waals surface area contributed by atoms with Crippen LogP contribution in [0.3, 0.4) is 0 Å². The van der Waals surface area contributed by atoms with Crippen molar-refractivity contribution in [3.63, 3.8) is 0 Å². The first kappa shape index (κ1) is 20.1. The van der Waals surface area contributed by atoms with Crippen molar-refractivity contribution in [2.45, 2.75) is 42.8 Å². The Kier molecular flexibility index (Phi) is 4.09. The first-order valence-corrected chi connectivity index (χ1v) is 11.0. The van der Waals surface area contributed by atoms with Crippen LogP contribution in [-0.4, -0.2) is 65.1 Å². The van der Waals surface area contributed by atoms with Gasteiger partial charge in [-0.3, -0.25) is 10.1 Å². The number of methoxy groups -OCH3 is 1. The maximum absolute atomic E-state index is 11.7. The van der Waals surface area contributed by atoms with Gasteiger partial charge in [-0.2, -0.15) is 0 Å². The molecule has 0 radical (unpaired) electrons. The molecule has 1 aromatic carbocycles. The minimum Gasteiger partial charge on any atom is -0.496 e. The van der Waals surface area contributed by atoms with Crippen molar-refractivity contribution < 1.29 is 24.6 Å². The van der Waals surface area contributed by atoms with Crippen LogP contribution in [0.4, 0.5) is 5.69 Å². The third-order valence-electron chi connectivity index (χ3n) is 8.35. The number of allylic oxidation sites excluding steroid dienone is 1. The molecule has 5 aliphatic rings. The SMILES string of the molecule is COc1cc([N+](=O)[O-])cc(C23O[C@H]4[C@@H](O)C=C[C@H]5[C@H]6CC(=C2[C@]54CCN6C)C=CC3O)c1. The van der Waals surface area contributed by atoms with Crippen molar-refractivity contribution in [1.82, 2.24) is 4.90 Å². The normalized spacial score (nSPS) is 41.6. The number of hydrogen-bond acceptors (Lipinski definition) is 7. The summed E-state index contributed by atoms with van der Waals surface area (Å²) in [6, 6.07) is 4.82. The molecule has 2 N–H and O–H groups in total. The van der Waals surface area contributed by atoms with Crippen LogP contribution in [0.5, 0.6) is 5.75 Å². The minimum absolute atomic E-state index is 0.124. The predicted molar refractivity (Wildman–Crippen MR) is 115 cm³/mol. The van der Waals surface area contributed by atoms with Gasteiger partial charge in [0, 0.05) is 29.0 Å². The summed E-state index contributed by atoms with van der Waals surface area (Å²) in [6.07, 6.45) is 6.79. The maximum Gasteiger partial charge on any atom is 0.273 e. The second kappa shape index (κ2) is 6.51. The quantitative estimate of drug-likeness (QED) is 0.423. The number of nitro benzene ring substituents is 1. The summed E-state index contributed by atoms with van der Waals surface area (Å²) >= 11 is 0. The van der Waals surface area contributed by atoms with E-state index in [1.54, 1.807) is 12.1 Å².